The van der Waals surface area contributed by atoms with E-state index >= 15 is 0 Å². The summed E-state index contributed by atoms with van der Waals surface area (Å²) in [7, 11) is 0. The number of nitrogens with one attached hydrogen (secondary N) is 2. The third kappa shape index (κ3) is 3.58. The zero-order chi connectivity index (χ0) is 19.7. The molecule has 2 heterocycles. The molecule has 0 saturated carbocycles. The highest BCUT2D eigenvalue weighted by Crippen LogP contribution is 2.35. The molecule has 0 aliphatic heterocycles. The second-order valence-electron chi connectivity index (χ2n) is 7.00. The molecule has 0 radical (unpaired) electrons. The van der Waals surface area contributed by atoms with E-state index in [1.54, 1.807) is 11.3 Å². The van der Waals surface area contributed by atoms with E-state index in [0.29, 0.717) is 17.8 Å². The van der Waals surface area contributed by atoms with E-state index in [-0.39, 0.29) is 5.56 Å². The van der Waals surface area contributed by atoms with Gasteiger partial charge < -0.3 is 10.3 Å². The van der Waals surface area contributed by atoms with Crippen molar-refractivity contribution in [3.63, 3.8) is 0 Å². The number of hydrogen-bond acceptors (Lipinski definition) is 4. The Morgan fingerprint density at radius 3 is 2.43 bits per heavy atom. The summed E-state index contributed by atoms with van der Waals surface area (Å²) in [5, 5.41) is 4.02. The SMILES string of the molecule is CCc1ccc(NCc2nc3sc(C)c(-c4ccc(C)cc4)c3c(=O)[nH]2)cc1. The summed E-state index contributed by atoms with van der Waals surface area (Å²) in [5.41, 5.74) is 5.49. The number of benzene rings is 2. The first-order chi connectivity index (χ1) is 13.5. The number of aryl methyl sites for hydroxylation is 3. The molecule has 2 aromatic heterocycles. The lowest BCUT2D eigenvalue weighted by molar-refractivity contribution is 0.956. The van der Waals surface area contributed by atoms with Crippen molar-refractivity contribution in [2.75, 3.05) is 5.32 Å². The molecule has 0 bridgehead atoms. The minimum atomic E-state index is -0.0805. The Kier molecular flexibility index (Phi) is 5.01. The minimum absolute atomic E-state index is 0.0805. The molecule has 5 heteroatoms. The Morgan fingerprint density at radius 1 is 1.04 bits per heavy atom. The van der Waals surface area contributed by atoms with E-state index in [0.717, 1.165) is 32.9 Å². The molecule has 0 atom stereocenters. The van der Waals surface area contributed by atoms with Crippen molar-refractivity contribution in [3.05, 3.63) is 80.7 Å². The number of fused-ring (bicyclic) bond motifs is 1. The van der Waals surface area contributed by atoms with Crippen LogP contribution in [0.25, 0.3) is 21.3 Å². The van der Waals surface area contributed by atoms with E-state index in [1.165, 1.54) is 11.1 Å². The van der Waals surface area contributed by atoms with Crippen molar-refractivity contribution in [2.45, 2.75) is 33.7 Å². The van der Waals surface area contributed by atoms with Crippen LogP contribution in [0, 0.1) is 13.8 Å². The molecule has 0 amide bonds. The lowest BCUT2D eigenvalue weighted by atomic mass is 10.0. The van der Waals surface area contributed by atoms with Gasteiger partial charge in [0.2, 0.25) is 0 Å². The summed E-state index contributed by atoms with van der Waals surface area (Å²) in [6, 6.07) is 16.6. The Labute approximate surface area is 168 Å². The summed E-state index contributed by atoms with van der Waals surface area (Å²) in [4.78, 5) is 22.4. The van der Waals surface area contributed by atoms with Crippen molar-refractivity contribution in [2.24, 2.45) is 0 Å². The fraction of sp³-hybridized carbons (Fsp3) is 0.217. The lowest BCUT2D eigenvalue weighted by Crippen LogP contribution is -2.14. The van der Waals surface area contributed by atoms with Gasteiger partial charge >= 0.3 is 0 Å². The molecule has 0 fully saturated rings. The highest BCUT2D eigenvalue weighted by atomic mass is 32.1. The van der Waals surface area contributed by atoms with E-state index in [1.807, 2.05) is 6.92 Å². The molecule has 4 rings (SSSR count). The van der Waals surface area contributed by atoms with Gasteiger partial charge in [0, 0.05) is 16.1 Å². The first kappa shape index (κ1) is 18.4. The summed E-state index contributed by atoms with van der Waals surface area (Å²) >= 11 is 1.57. The van der Waals surface area contributed by atoms with Gasteiger partial charge in [0.15, 0.2) is 0 Å². The molecule has 28 heavy (non-hydrogen) atoms. The first-order valence-electron chi connectivity index (χ1n) is 9.47. The molecule has 0 spiro atoms. The molecule has 2 aromatic carbocycles. The highest BCUT2D eigenvalue weighted by molar-refractivity contribution is 7.19. The van der Waals surface area contributed by atoms with Crippen LogP contribution in [0.3, 0.4) is 0 Å². The predicted octanol–water partition coefficient (Wildman–Crippen LogP) is 5.44. The number of nitrogens with zero attached hydrogens (tertiary/aromatic N) is 1. The van der Waals surface area contributed by atoms with Gasteiger partial charge in [0.25, 0.3) is 5.56 Å². The minimum Gasteiger partial charge on any atom is -0.378 e. The van der Waals surface area contributed by atoms with Crippen molar-refractivity contribution in [1.29, 1.82) is 0 Å². The smallest absolute Gasteiger partial charge is 0.260 e. The van der Waals surface area contributed by atoms with E-state index in [2.05, 4.69) is 72.7 Å². The number of thiophene rings is 1. The molecule has 2 N–H and O–H groups in total. The topological polar surface area (TPSA) is 57.8 Å². The zero-order valence-electron chi connectivity index (χ0n) is 16.3. The second kappa shape index (κ2) is 7.60. The first-order valence-corrected chi connectivity index (χ1v) is 10.3. The largest absolute Gasteiger partial charge is 0.378 e. The van der Waals surface area contributed by atoms with Crippen molar-refractivity contribution in [3.8, 4) is 11.1 Å². The molecule has 142 valence electrons. The predicted molar refractivity (Wildman–Crippen MR) is 118 cm³/mol. The van der Waals surface area contributed by atoms with Crippen LogP contribution in [-0.2, 0) is 13.0 Å². The van der Waals surface area contributed by atoms with E-state index in [4.69, 9.17) is 4.98 Å². The number of hydrogen-bond donors (Lipinski definition) is 2. The Balaban J connectivity index is 1.65. The van der Waals surface area contributed by atoms with Gasteiger partial charge in [-0.25, -0.2) is 4.98 Å². The molecule has 0 unspecified atom stereocenters. The van der Waals surface area contributed by atoms with Crippen LogP contribution >= 0.6 is 11.3 Å². The van der Waals surface area contributed by atoms with Crippen LogP contribution in [0.15, 0.2) is 53.3 Å². The maximum Gasteiger partial charge on any atom is 0.260 e. The van der Waals surface area contributed by atoms with Crippen LogP contribution in [0.2, 0.25) is 0 Å². The summed E-state index contributed by atoms with van der Waals surface area (Å²) < 4.78 is 0. The van der Waals surface area contributed by atoms with Crippen LogP contribution in [0.5, 0.6) is 0 Å². The summed E-state index contributed by atoms with van der Waals surface area (Å²) in [6.45, 7) is 6.73. The monoisotopic (exact) mass is 389 g/mol. The van der Waals surface area contributed by atoms with Gasteiger partial charge in [-0.3, -0.25) is 4.79 Å². The van der Waals surface area contributed by atoms with Crippen LogP contribution in [-0.4, -0.2) is 9.97 Å². The van der Waals surface area contributed by atoms with Gasteiger partial charge in [-0.1, -0.05) is 48.9 Å². The number of H-pyrrole nitrogens is 1. The van der Waals surface area contributed by atoms with Crippen LogP contribution < -0.4 is 10.9 Å². The lowest BCUT2D eigenvalue weighted by Gasteiger charge is -2.07. The average Bonchev–Trinajstić information content (AvgIpc) is 3.04. The fourth-order valence-corrected chi connectivity index (χ4v) is 4.42. The third-order valence-corrected chi connectivity index (χ3v) is 5.95. The normalized spacial score (nSPS) is 11.1. The zero-order valence-corrected chi connectivity index (χ0v) is 17.1. The van der Waals surface area contributed by atoms with Crippen molar-refractivity contribution in [1.82, 2.24) is 9.97 Å². The molecular weight excluding hydrogens is 366 g/mol. The van der Waals surface area contributed by atoms with Gasteiger partial charge in [-0.05, 0) is 43.5 Å². The maximum absolute atomic E-state index is 12.9. The van der Waals surface area contributed by atoms with Crippen LogP contribution in [0.1, 0.15) is 28.8 Å². The highest BCUT2D eigenvalue weighted by Gasteiger charge is 2.16. The molecular formula is C23H23N3OS. The van der Waals surface area contributed by atoms with Gasteiger partial charge in [-0.15, -0.1) is 11.3 Å². The maximum atomic E-state index is 12.9. The Morgan fingerprint density at radius 2 is 1.75 bits per heavy atom. The third-order valence-electron chi connectivity index (χ3n) is 4.95. The quantitative estimate of drug-likeness (QED) is 0.478. The van der Waals surface area contributed by atoms with Gasteiger partial charge in [0.05, 0.1) is 11.9 Å². The van der Waals surface area contributed by atoms with Crippen molar-refractivity contribution >= 4 is 27.2 Å². The number of rotatable bonds is 5. The molecule has 0 aliphatic rings. The number of aromatic nitrogens is 2. The fourth-order valence-electron chi connectivity index (χ4n) is 3.36. The van der Waals surface area contributed by atoms with Gasteiger partial charge in [-0.2, -0.15) is 0 Å². The standard InChI is InChI=1S/C23H23N3OS/c1-4-16-7-11-18(12-8-16)24-13-19-25-22(27)21-20(15(3)28-23(21)26-19)17-9-5-14(2)6-10-17/h5-12,24H,4,13H2,1-3H3,(H,25,26,27). The average molecular weight is 390 g/mol. The number of anilines is 1. The molecule has 0 aliphatic carbocycles. The second-order valence-corrected chi connectivity index (χ2v) is 8.20. The van der Waals surface area contributed by atoms with Gasteiger partial charge in [0.1, 0.15) is 10.7 Å². The Bertz CT molecular complexity index is 1170. The molecule has 0 saturated heterocycles. The van der Waals surface area contributed by atoms with E-state index < -0.39 is 0 Å². The molecule has 4 aromatic rings. The van der Waals surface area contributed by atoms with Crippen LogP contribution in [0.4, 0.5) is 5.69 Å². The summed E-state index contributed by atoms with van der Waals surface area (Å²) in [5.74, 6) is 0.647. The van der Waals surface area contributed by atoms with E-state index in [9.17, 15) is 4.79 Å². The van der Waals surface area contributed by atoms with Crippen molar-refractivity contribution < 1.29 is 0 Å². The number of aromatic amines is 1. The summed E-state index contributed by atoms with van der Waals surface area (Å²) in [6.07, 6.45) is 1.02. The molecule has 4 nitrogen and oxygen atoms in total. The Hall–Kier alpha value is -2.92.